The summed E-state index contributed by atoms with van der Waals surface area (Å²) in [6, 6.07) is 15.3. The summed E-state index contributed by atoms with van der Waals surface area (Å²) in [5.41, 5.74) is 3.79. The Morgan fingerprint density at radius 2 is 1.65 bits per heavy atom. The largest absolute Gasteiger partial charge is 0.383 e. The topological polar surface area (TPSA) is 67.4 Å². The summed E-state index contributed by atoms with van der Waals surface area (Å²) < 4.78 is 4.99. The number of amides is 1. The number of aryl methyl sites for hydroxylation is 1. The van der Waals surface area contributed by atoms with E-state index in [4.69, 9.17) is 4.74 Å². The molecule has 0 aromatic heterocycles. The second kappa shape index (κ2) is 10.4. The van der Waals surface area contributed by atoms with E-state index in [9.17, 15) is 9.59 Å². The highest BCUT2D eigenvalue weighted by Gasteiger charge is 2.09. The van der Waals surface area contributed by atoms with Gasteiger partial charge >= 0.3 is 0 Å². The van der Waals surface area contributed by atoms with E-state index in [-0.39, 0.29) is 24.5 Å². The van der Waals surface area contributed by atoms with Gasteiger partial charge in [-0.2, -0.15) is 0 Å². The number of Topliss-reactive ketones (excluding diaryl/α,β-unsaturated/α-hetero) is 1. The molecular weight excluding hydrogens is 328 g/mol. The molecule has 0 bridgehead atoms. The standard InChI is InChI=1S/C21H26N2O3/c1-16-3-7-18(8-4-16)20(24)11-12-21(25)23-15-17-5-9-19(10-6-17)22-13-14-26-2/h3-10,22H,11-15H2,1-2H3,(H,23,25). The zero-order chi connectivity index (χ0) is 18.8. The molecule has 0 atom stereocenters. The number of hydrogen-bond donors (Lipinski definition) is 2. The van der Waals surface area contributed by atoms with Crippen molar-refractivity contribution in [2.24, 2.45) is 0 Å². The van der Waals surface area contributed by atoms with Crippen molar-refractivity contribution in [1.29, 1.82) is 0 Å². The smallest absolute Gasteiger partial charge is 0.220 e. The summed E-state index contributed by atoms with van der Waals surface area (Å²) in [5.74, 6) is -0.126. The lowest BCUT2D eigenvalue weighted by atomic mass is 10.0. The van der Waals surface area contributed by atoms with Crippen molar-refractivity contribution in [2.45, 2.75) is 26.3 Å². The number of benzene rings is 2. The van der Waals surface area contributed by atoms with Crippen molar-refractivity contribution in [3.63, 3.8) is 0 Å². The number of rotatable bonds is 10. The van der Waals surface area contributed by atoms with Gasteiger partial charge in [-0.15, -0.1) is 0 Å². The zero-order valence-electron chi connectivity index (χ0n) is 15.4. The van der Waals surface area contributed by atoms with Gasteiger partial charge in [-0.3, -0.25) is 9.59 Å². The number of ether oxygens (including phenoxy) is 1. The van der Waals surface area contributed by atoms with Crippen molar-refractivity contribution >= 4 is 17.4 Å². The Labute approximate surface area is 154 Å². The van der Waals surface area contributed by atoms with Crippen LogP contribution in [0.4, 0.5) is 5.69 Å². The highest BCUT2D eigenvalue weighted by molar-refractivity contribution is 5.97. The first-order valence-corrected chi connectivity index (χ1v) is 8.77. The molecule has 138 valence electrons. The fourth-order valence-corrected chi connectivity index (χ4v) is 2.44. The second-order valence-electron chi connectivity index (χ2n) is 6.18. The van der Waals surface area contributed by atoms with Crippen LogP contribution in [0.3, 0.4) is 0 Å². The van der Waals surface area contributed by atoms with E-state index in [1.165, 1.54) is 0 Å². The third kappa shape index (κ3) is 6.69. The van der Waals surface area contributed by atoms with Crippen LogP contribution in [0, 0.1) is 6.92 Å². The maximum atomic E-state index is 12.1. The quantitative estimate of drug-likeness (QED) is 0.507. The lowest BCUT2D eigenvalue weighted by Crippen LogP contribution is -2.23. The number of ketones is 1. The number of carbonyl (C=O) groups is 2. The molecule has 26 heavy (non-hydrogen) atoms. The molecule has 2 N–H and O–H groups in total. The first-order chi connectivity index (χ1) is 12.6. The molecule has 0 spiro atoms. The Bertz CT molecular complexity index is 709. The average Bonchev–Trinajstić information content (AvgIpc) is 2.66. The van der Waals surface area contributed by atoms with Crippen LogP contribution in [-0.4, -0.2) is 32.0 Å². The number of methoxy groups -OCH3 is 1. The fourth-order valence-electron chi connectivity index (χ4n) is 2.44. The van der Waals surface area contributed by atoms with Gasteiger partial charge in [0.25, 0.3) is 0 Å². The molecule has 5 nitrogen and oxygen atoms in total. The lowest BCUT2D eigenvalue weighted by Gasteiger charge is -2.08. The van der Waals surface area contributed by atoms with Crippen LogP contribution in [0.2, 0.25) is 0 Å². The molecular formula is C21H26N2O3. The highest BCUT2D eigenvalue weighted by Crippen LogP contribution is 2.10. The van der Waals surface area contributed by atoms with Crippen molar-refractivity contribution in [3.05, 3.63) is 65.2 Å². The van der Waals surface area contributed by atoms with E-state index in [1.807, 2.05) is 43.3 Å². The summed E-state index contributed by atoms with van der Waals surface area (Å²) in [6.07, 6.45) is 0.417. The van der Waals surface area contributed by atoms with Crippen LogP contribution in [0.15, 0.2) is 48.5 Å². The van der Waals surface area contributed by atoms with E-state index in [1.54, 1.807) is 19.2 Å². The average molecular weight is 354 g/mol. The van der Waals surface area contributed by atoms with Gasteiger partial charge in [0.05, 0.1) is 6.61 Å². The molecule has 2 aromatic rings. The lowest BCUT2D eigenvalue weighted by molar-refractivity contribution is -0.121. The molecule has 2 rings (SSSR count). The minimum absolute atomic E-state index is 0.00774. The van der Waals surface area contributed by atoms with Gasteiger partial charge in [0.2, 0.25) is 5.91 Å². The van der Waals surface area contributed by atoms with Crippen LogP contribution < -0.4 is 10.6 Å². The molecule has 0 aliphatic rings. The fraction of sp³-hybridized carbons (Fsp3) is 0.333. The second-order valence-corrected chi connectivity index (χ2v) is 6.18. The molecule has 0 heterocycles. The first kappa shape index (κ1) is 19.7. The summed E-state index contributed by atoms with van der Waals surface area (Å²) >= 11 is 0. The predicted octanol–water partition coefficient (Wildman–Crippen LogP) is 3.33. The Hall–Kier alpha value is -2.66. The van der Waals surface area contributed by atoms with Gasteiger partial charge in [0.1, 0.15) is 0 Å². The summed E-state index contributed by atoms with van der Waals surface area (Å²) in [4.78, 5) is 24.0. The van der Waals surface area contributed by atoms with E-state index < -0.39 is 0 Å². The number of nitrogens with one attached hydrogen (secondary N) is 2. The van der Waals surface area contributed by atoms with Crippen molar-refractivity contribution in [3.8, 4) is 0 Å². The van der Waals surface area contributed by atoms with Gasteiger partial charge in [-0.05, 0) is 24.6 Å². The predicted molar refractivity (Wildman–Crippen MR) is 103 cm³/mol. The molecule has 1 amide bonds. The summed E-state index contributed by atoms with van der Waals surface area (Å²) in [7, 11) is 1.67. The SMILES string of the molecule is COCCNc1ccc(CNC(=O)CCC(=O)c2ccc(C)cc2)cc1. The van der Waals surface area contributed by atoms with Gasteiger partial charge in [-0.1, -0.05) is 42.0 Å². The van der Waals surface area contributed by atoms with Crippen molar-refractivity contribution in [1.82, 2.24) is 5.32 Å². The molecule has 0 saturated heterocycles. The molecule has 0 aliphatic carbocycles. The van der Waals surface area contributed by atoms with Gasteiger partial charge in [0, 0.05) is 44.3 Å². The van der Waals surface area contributed by atoms with Crippen LogP contribution in [0.1, 0.15) is 34.3 Å². The maximum absolute atomic E-state index is 12.1. The van der Waals surface area contributed by atoms with E-state index in [2.05, 4.69) is 10.6 Å². The first-order valence-electron chi connectivity index (χ1n) is 8.77. The number of carbonyl (C=O) groups excluding carboxylic acids is 2. The van der Waals surface area contributed by atoms with Gasteiger partial charge in [0.15, 0.2) is 5.78 Å². The maximum Gasteiger partial charge on any atom is 0.220 e. The van der Waals surface area contributed by atoms with Crippen LogP contribution >= 0.6 is 0 Å². The van der Waals surface area contributed by atoms with Crippen LogP contribution in [-0.2, 0) is 16.1 Å². The van der Waals surface area contributed by atoms with Gasteiger partial charge < -0.3 is 15.4 Å². The Kier molecular flexibility index (Phi) is 7.83. The molecule has 0 aliphatic heterocycles. The third-order valence-corrected chi connectivity index (χ3v) is 4.03. The molecule has 0 fully saturated rings. The van der Waals surface area contributed by atoms with Gasteiger partial charge in [-0.25, -0.2) is 0 Å². The molecule has 2 aromatic carbocycles. The summed E-state index contributed by atoms with van der Waals surface area (Å²) in [5, 5.41) is 6.09. The number of hydrogen-bond acceptors (Lipinski definition) is 4. The molecule has 0 radical (unpaired) electrons. The Morgan fingerprint density at radius 3 is 2.31 bits per heavy atom. The Balaban J connectivity index is 1.71. The van der Waals surface area contributed by atoms with Crippen molar-refractivity contribution in [2.75, 3.05) is 25.6 Å². The monoisotopic (exact) mass is 354 g/mol. The highest BCUT2D eigenvalue weighted by atomic mass is 16.5. The molecule has 0 unspecified atom stereocenters. The minimum atomic E-state index is -0.118. The number of anilines is 1. The van der Waals surface area contributed by atoms with Crippen LogP contribution in [0.25, 0.3) is 0 Å². The third-order valence-electron chi connectivity index (χ3n) is 4.03. The molecule has 5 heteroatoms. The Morgan fingerprint density at radius 1 is 0.962 bits per heavy atom. The normalized spacial score (nSPS) is 10.4. The van der Waals surface area contributed by atoms with E-state index in [0.717, 1.165) is 23.4 Å². The summed E-state index contributed by atoms with van der Waals surface area (Å²) in [6.45, 7) is 3.83. The van der Waals surface area contributed by atoms with Crippen molar-refractivity contribution < 1.29 is 14.3 Å². The molecule has 0 saturated carbocycles. The minimum Gasteiger partial charge on any atom is -0.383 e. The van der Waals surface area contributed by atoms with E-state index >= 15 is 0 Å². The van der Waals surface area contributed by atoms with Crippen LogP contribution in [0.5, 0.6) is 0 Å². The van der Waals surface area contributed by atoms with E-state index in [0.29, 0.717) is 18.7 Å². The zero-order valence-corrected chi connectivity index (χ0v) is 15.4.